The molecule has 2 aromatic heterocycles. The maximum atomic E-state index is 11.3. The Bertz CT molecular complexity index is 856. The molecule has 1 aliphatic heterocycles. The third-order valence-electron chi connectivity index (χ3n) is 4.41. The molecule has 1 saturated heterocycles. The van der Waals surface area contributed by atoms with Gasteiger partial charge in [0.25, 0.3) is 5.91 Å². The van der Waals surface area contributed by atoms with E-state index in [1.807, 2.05) is 24.3 Å². The van der Waals surface area contributed by atoms with Crippen LogP contribution in [0, 0.1) is 0 Å². The fraction of sp³-hybridized carbons (Fsp3) is 0.294. The van der Waals surface area contributed by atoms with Gasteiger partial charge in [-0.25, -0.2) is 9.97 Å². The molecule has 0 spiro atoms. The number of carbonyl (C=O) groups is 1. The Balaban J connectivity index is 1.59. The molecule has 1 atom stereocenters. The molecule has 122 valence electrons. The minimum Gasteiger partial charge on any atom is -0.364 e. The average Bonchev–Trinajstić information content (AvgIpc) is 3.06. The van der Waals surface area contributed by atoms with E-state index < -0.39 is 5.91 Å². The molecule has 7 heteroatoms. The van der Waals surface area contributed by atoms with E-state index in [4.69, 9.17) is 10.7 Å². The number of carbonyl (C=O) groups excluding carboxylic acids is 1. The summed E-state index contributed by atoms with van der Waals surface area (Å²) in [7, 11) is 0. The van der Waals surface area contributed by atoms with Gasteiger partial charge in [0.2, 0.25) is 0 Å². The lowest BCUT2D eigenvalue weighted by Gasteiger charge is -2.32. The van der Waals surface area contributed by atoms with E-state index in [1.165, 1.54) is 6.20 Å². The van der Waals surface area contributed by atoms with Crippen LogP contribution in [0.3, 0.4) is 0 Å². The van der Waals surface area contributed by atoms with Gasteiger partial charge in [-0.15, -0.1) is 0 Å². The van der Waals surface area contributed by atoms with Crippen LogP contribution in [0.25, 0.3) is 11.0 Å². The van der Waals surface area contributed by atoms with Crippen molar-refractivity contribution in [3.8, 4) is 0 Å². The Kier molecular flexibility index (Phi) is 3.60. The Morgan fingerprint density at radius 3 is 2.96 bits per heavy atom. The van der Waals surface area contributed by atoms with E-state index in [0.717, 1.165) is 42.8 Å². The number of hydrogen-bond donors (Lipinski definition) is 2. The van der Waals surface area contributed by atoms with Crippen LogP contribution in [-0.2, 0) is 0 Å². The molecular weight excluding hydrogens is 304 g/mol. The second-order valence-electron chi connectivity index (χ2n) is 6.05. The van der Waals surface area contributed by atoms with Gasteiger partial charge >= 0.3 is 0 Å². The van der Waals surface area contributed by atoms with Crippen LogP contribution in [0.5, 0.6) is 0 Å². The summed E-state index contributed by atoms with van der Waals surface area (Å²) < 4.78 is 0. The number of aromatic nitrogens is 4. The Labute approximate surface area is 138 Å². The highest BCUT2D eigenvalue weighted by molar-refractivity contribution is 5.90. The quantitative estimate of drug-likeness (QED) is 0.766. The van der Waals surface area contributed by atoms with Gasteiger partial charge in [0.15, 0.2) is 0 Å². The lowest BCUT2D eigenvalue weighted by atomic mass is 9.97. The normalized spacial score (nSPS) is 18.0. The first-order valence-corrected chi connectivity index (χ1v) is 8.02. The molecule has 3 heterocycles. The summed E-state index contributed by atoms with van der Waals surface area (Å²) in [6, 6.07) is 8.04. The van der Waals surface area contributed by atoms with E-state index in [9.17, 15) is 4.79 Å². The number of imidazole rings is 1. The number of nitrogens with zero attached hydrogens (tertiary/aromatic N) is 4. The van der Waals surface area contributed by atoms with Crippen LogP contribution in [0.2, 0.25) is 0 Å². The molecule has 7 nitrogen and oxygen atoms in total. The molecule has 1 aromatic carbocycles. The molecule has 0 aliphatic carbocycles. The molecule has 3 aromatic rings. The lowest BCUT2D eigenvalue weighted by Crippen LogP contribution is -2.35. The van der Waals surface area contributed by atoms with E-state index in [2.05, 4.69) is 19.9 Å². The number of primary amides is 1. The summed E-state index contributed by atoms with van der Waals surface area (Å²) in [5.41, 5.74) is 7.53. The first-order chi connectivity index (χ1) is 11.7. The third-order valence-corrected chi connectivity index (χ3v) is 4.41. The molecule has 4 rings (SSSR count). The number of piperidine rings is 1. The summed E-state index contributed by atoms with van der Waals surface area (Å²) in [4.78, 5) is 30.0. The summed E-state index contributed by atoms with van der Waals surface area (Å²) >= 11 is 0. The van der Waals surface area contributed by atoms with Crippen molar-refractivity contribution in [2.24, 2.45) is 5.73 Å². The van der Waals surface area contributed by atoms with Crippen molar-refractivity contribution in [1.29, 1.82) is 0 Å². The van der Waals surface area contributed by atoms with Crippen molar-refractivity contribution in [3.63, 3.8) is 0 Å². The maximum Gasteiger partial charge on any atom is 0.268 e. The van der Waals surface area contributed by atoms with E-state index in [-0.39, 0.29) is 5.69 Å². The van der Waals surface area contributed by atoms with Crippen LogP contribution in [0.15, 0.2) is 36.7 Å². The molecule has 0 bridgehead atoms. The molecular formula is C17H18N6O. The van der Waals surface area contributed by atoms with Gasteiger partial charge in [-0.1, -0.05) is 12.1 Å². The first-order valence-electron chi connectivity index (χ1n) is 8.02. The molecule has 24 heavy (non-hydrogen) atoms. The zero-order valence-corrected chi connectivity index (χ0v) is 13.1. The zero-order valence-electron chi connectivity index (χ0n) is 13.1. The fourth-order valence-electron chi connectivity index (χ4n) is 3.20. The Morgan fingerprint density at radius 2 is 2.12 bits per heavy atom. The van der Waals surface area contributed by atoms with Crippen LogP contribution in [-0.4, -0.2) is 38.9 Å². The number of H-pyrrole nitrogens is 1. The van der Waals surface area contributed by atoms with Gasteiger partial charge in [0.1, 0.15) is 17.3 Å². The standard InChI is InChI=1S/C17H18N6O/c18-16(24)14-8-19-9-15(20-14)23-7-3-4-11(10-23)17-21-12-5-1-2-6-13(12)22-17/h1-2,5-6,8-9,11H,3-4,7,10H2,(H2,18,24)(H,21,22)/t11-/m0/s1. The Morgan fingerprint density at radius 1 is 1.25 bits per heavy atom. The van der Waals surface area contributed by atoms with Gasteiger partial charge in [0, 0.05) is 19.0 Å². The van der Waals surface area contributed by atoms with Crippen molar-refractivity contribution in [2.45, 2.75) is 18.8 Å². The number of anilines is 1. The van der Waals surface area contributed by atoms with Crippen molar-refractivity contribution in [3.05, 3.63) is 48.2 Å². The number of aromatic amines is 1. The van der Waals surface area contributed by atoms with Crippen LogP contribution in [0.4, 0.5) is 5.82 Å². The summed E-state index contributed by atoms with van der Waals surface area (Å²) in [5, 5.41) is 0. The van der Waals surface area contributed by atoms with Gasteiger partial charge in [-0.3, -0.25) is 9.78 Å². The topological polar surface area (TPSA) is 101 Å². The second kappa shape index (κ2) is 5.92. The van der Waals surface area contributed by atoms with Crippen molar-refractivity contribution in [2.75, 3.05) is 18.0 Å². The minimum atomic E-state index is -0.560. The number of benzene rings is 1. The fourth-order valence-corrected chi connectivity index (χ4v) is 3.20. The largest absolute Gasteiger partial charge is 0.364 e. The minimum absolute atomic E-state index is 0.193. The lowest BCUT2D eigenvalue weighted by molar-refractivity contribution is 0.0995. The predicted molar refractivity (Wildman–Crippen MR) is 90.8 cm³/mol. The highest BCUT2D eigenvalue weighted by Crippen LogP contribution is 2.28. The van der Waals surface area contributed by atoms with Gasteiger partial charge in [0.05, 0.1) is 23.4 Å². The zero-order chi connectivity index (χ0) is 16.5. The first kappa shape index (κ1) is 14.6. The number of hydrogen-bond acceptors (Lipinski definition) is 5. The molecule has 3 N–H and O–H groups in total. The smallest absolute Gasteiger partial charge is 0.268 e. The number of amides is 1. The van der Waals surface area contributed by atoms with Crippen LogP contribution < -0.4 is 10.6 Å². The van der Waals surface area contributed by atoms with Crippen LogP contribution in [0.1, 0.15) is 35.1 Å². The molecule has 1 amide bonds. The maximum absolute atomic E-state index is 11.3. The van der Waals surface area contributed by atoms with E-state index in [0.29, 0.717) is 11.7 Å². The molecule has 1 fully saturated rings. The summed E-state index contributed by atoms with van der Waals surface area (Å²) in [5.74, 6) is 1.42. The van der Waals surface area contributed by atoms with E-state index >= 15 is 0 Å². The number of para-hydroxylation sites is 2. The third kappa shape index (κ3) is 2.68. The highest BCUT2D eigenvalue weighted by atomic mass is 16.1. The molecule has 0 saturated carbocycles. The van der Waals surface area contributed by atoms with Gasteiger partial charge < -0.3 is 15.6 Å². The Hall–Kier alpha value is -2.96. The van der Waals surface area contributed by atoms with Crippen molar-refractivity contribution >= 4 is 22.8 Å². The number of nitrogens with one attached hydrogen (secondary N) is 1. The molecule has 0 unspecified atom stereocenters. The van der Waals surface area contributed by atoms with Crippen molar-refractivity contribution < 1.29 is 4.79 Å². The highest BCUT2D eigenvalue weighted by Gasteiger charge is 2.25. The van der Waals surface area contributed by atoms with E-state index in [1.54, 1.807) is 6.20 Å². The SMILES string of the molecule is NC(=O)c1cncc(N2CCC[C@H](c3nc4ccccc4[nH]3)C2)n1. The number of fused-ring (bicyclic) bond motifs is 1. The van der Waals surface area contributed by atoms with Crippen LogP contribution >= 0.6 is 0 Å². The molecule has 1 aliphatic rings. The van der Waals surface area contributed by atoms with Gasteiger partial charge in [-0.2, -0.15) is 0 Å². The van der Waals surface area contributed by atoms with Crippen molar-refractivity contribution in [1.82, 2.24) is 19.9 Å². The summed E-state index contributed by atoms with van der Waals surface area (Å²) in [6.45, 7) is 1.67. The number of nitrogens with two attached hydrogens (primary N) is 1. The summed E-state index contributed by atoms with van der Waals surface area (Å²) in [6.07, 6.45) is 5.17. The predicted octanol–water partition coefficient (Wildman–Crippen LogP) is 1.84. The average molecular weight is 322 g/mol. The second-order valence-corrected chi connectivity index (χ2v) is 6.05. The number of rotatable bonds is 3. The van der Waals surface area contributed by atoms with Gasteiger partial charge in [-0.05, 0) is 25.0 Å². The monoisotopic (exact) mass is 322 g/mol. The molecule has 0 radical (unpaired) electrons.